The molecule has 4 heteroatoms. The van der Waals surface area contributed by atoms with Crippen LogP contribution in [-0.2, 0) is 0 Å². The highest BCUT2D eigenvalue weighted by molar-refractivity contribution is 4.58. The number of nitrogens with zero attached hydrogens (tertiary/aromatic N) is 3. The maximum Gasteiger partial charge on any atom is 0.0104 e. The van der Waals surface area contributed by atoms with Gasteiger partial charge in [0.2, 0.25) is 0 Å². The van der Waals surface area contributed by atoms with Gasteiger partial charge in [0.15, 0.2) is 0 Å². The van der Waals surface area contributed by atoms with Gasteiger partial charge in [0.25, 0.3) is 0 Å². The van der Waals surface area contributed by atoms with Gasteiger partial charge in [-0.1, -0.05) is 34.6 Å². The minimum absolute atomic E-state index is 0.801. The second kappa shape index (κ2) is 18.2. The molecular weight excluding hydrogens is 284 g/mol. The molecule has 0 fully saturated rings. The van der Waals surface area contributed by atoms with Crippen molar-refractivity contribution in [2.75, 3.05) is 73.5 Å². The summed E-state index contributed by atoms with van der Waals surface area (Å²) in [7, 11) is 6.41. The van der Waals surface area contributed by atoms with E-state index < -0.39 is 0 Å². The first-order valence-corrected chi connectivity index (χ1v) is 9.63. The van der Waals surface area contributed by atoms with Crippen molar-refractivity contribution in [1.29, 1.82) is 0 Å². The zero-order valence-corrected chi connectivity index (χ0v) is 17.5. The third kappa shape index (κ3) is 21.8. The van der Waals surface area contributed by atoms with Gasteiger partial charge in [0.1, 0.15) is 0 Å². The van der Waals surface area contributed by atoms with Crippen molar-refractivity contribution in [1.82, 2.24) is 20.0 Å². The summed E-state index contributed by atoms with van der Waals surface area (Å²) in [5.74, 6) is 0.801. The molecule has 0 atom stereocenters. The number of hydrogen-bond acceptors (Lipinski definition) is 4. The Balaban J connectivity index is 0. The lowest BCUT2D eigenvalue weighted by Crippen LogP contribution is -2.32. The quantitative estimate of drug-likeness (QED) is 0.524. The fourth-order valence-electron chi connectivity index (χ4n) is 2.52. The predicted octanol–water partition coefficient (Wildman–Crippen LogP) is 2.85. The highest BCUT2D eigenvalue weighted by Gasteiger charge is 2.01. The van der Waals surface area contributed by atoms with Gasteiger partial charge in [-0.3, -0.25) is 0 Å². The molecule has 0 bridgehead atoms. The molecule has 4 nitrogen and oxygen atoms in total. The highest BCUT2D eigenvalue weighted by Crippen LogP contribution is 1.93. The molecule has 0 amide bonds. The van der Waals surface area contributed by atoms with E-state index in [0.717, 1.165) is 25.6 Å². The Kier molecular flexibility index (Phi) is 19.8. The summed E-state index contributed by atoms with van der Waals surface area (Å²) in [6.45, 7) is 20.6. The van der Waals surface area contributed by atoms with Gasteiger partial charge < -0.3 is 20.0 Å². The van der Waals surface area contributed by atoms with Gasteiger partial charge in [-0.15, -0.1) is 0 Å². The molecular formula is C19H46N4. The van der Waals surface area contributed by atoms with Crippen molar-refractivity contribution in [2.45, 2.75) is 47.5 Å². The van der Waals surface area contributed by atoms with Crippen LogP contribution in [0, 0.1) is 5.92 Å². The van der Waals surface area contributed by atoms with E-state index in [1.54, 1.807) is 0 Å². The maximum atomic E-state index is 3.44. The van der Waals surface area contributed by atoms with Gasteiger partial charge in [-0.05, 0) is 79.2 Å². The van der Waals surface area contributed by atoms with Crippen molar-refractivity contribution < 1.29 is 0 Å². The molecule has 0 saturated carbocycles. The molecule has 0 heterocycles. The largest absolute Gasteiger partial charge is 0.315 e. The molecule has 0 radical (unpaired) electrons. The Hall–Kier alpha value is -0.160. The Bertz CT molecular complexity index is 209. The topological polar surface area (TPSA) is 21.8 Å². The average molecular weight is 331 g/mol. The van der Waals surface area contributed by atoms with Crippen LogP contribution in [0.1, 0.15) is 47.5 Å². The maximum absolute atomic E-state index is 3.44. The van der Waals surface area contributed by atoms with Crippen molar-refractivity contribution in [3.63, 3.8) is 0 Å². The molecule has 0 aliphatic carbocycles. The molecule has 0 aromatic rings. The van der Waals surface area contributed by atoms with Crippen LogP contribution in [0.4, 0.5) is 0 Å². The monoisotopic (exact) mass is 330 g/mol. The summed E-state index contributed by atoms with van der Waals surface area (Å²) in [5.41, 5.74) is 0. The smallest absolute Gasteiger partial charge is 0.0104 e. The van der Waals surface area contributed by atoms with Crippen LogP contribution in [0.3, 0.4) is 0 Å². The SMILES string of the molecule is CC(C)CN(C)C.CCCNCCN(C)CCCN(CC)CC. The van der Waals surface area contributed by atoms with Gasteiger partial charge in [-0.2, -0.15) is 0 Å². The summed E-state index contributed by atoms with van der Waals surface area (Å²) in [6, 6.07) is 0. The number of rotatable bonds is 13. The van der Waals surface area contributed by atoms with Crippen LogP contribution >= 0.6 is 0 Å². The third-order valence-corrected chi connectivity index (χ3v) is 3.74. The summed E-state index contributed by atoms with van der Waals surface area (Å²) in [5, 5.41) is 3.44. The lowest BCUT2D eigenvalue weighted by molar-refractivity contribution is 0.262. The molecule has 142 valence electrons. The fraction of sp³-hybridized carbons (Fsp3) is 1.00. The van der Waals surface area contributed by atoms with E-state index in [9.17, 15) is 0 Å². The summed E-state index contributed by atoms with van der Waals surface area (Å²) < 4.78 is 0. The van der Waals surface area contributed by atoms with Gasteiger partial charge in [0, 0.05) is 13.1 Å². The molecule has 0 aliphatic rings. The Morgan fingerprint density at radius 2 is 1.43 bits per heavy atom. The van der Waals surface area contributed by atoms with Crippen LogP contribution in [0.5, 0.6) is 0 Å². The molecule has 1 N–H and O–H groups in total. The Morgan fingerprint density at radius 3 is 1.83 bits per heavy atom. The molecule has 0 spiro atoms. The van der Waals surface area contributed by atoms with Crippen molar-refractivity contribution >= 4 is 0 Å². The minimum Gasteiger partial charge on any atom is -0.315 e. The second-order valence-corrected chi connectivity index (χ2v) is 7.09. The molecule has 0 saturated heterocycles. The van der Waals surface area contributed by atoms with Crippen molar-refractivity contribution in [3.8, 4) is 0 Å². The van der Waals surface area contributed by atoms with Gasteiger partial charge in [-0.25, -0.2) is 0 Å². The summed E-state index contributed by atoms with van der Waals surface area (Å²) in [6.07, 6.45) is 2.51. The first-order chi connectivity index (χ1) is 10.9. The zero-order chi connectivity index (χ0) is 18.1. The van der Waals surface area contributed by atoms with Crippen LogP contribution in [-0.4, -0.2) is 88.2 Å². The molecule has 0 aromatic heterocycles. The van der Waals surface area contributed by atoms with Crippen LogP contribution in [0.15, 0.2) is 0 Å². The van der Waals surface area contributed by atoms with Crippen LogP contribution < -0.4 is 5.32 Å². The number of hydrogen-bond donors (Lipinski definition) is 1. The number of nitrogens with one attached hydrogen (secondary N) is 1. The second-order valence-electron chi connectivity index (χ2n) is 7.09. The molecule has 0 rings (SSSR count). The first-order valence-electron chi connectivity index (χ1n) is 9.63. The lowest BCUT2D eigenvalue weighted by atomic mass is 10.2. The predicted molar refractivity (Wildman–Crippen MR) is 106 cm³/mol. The standard InChI is InChI=1S/C13H31N3.C6H15N/c1-5-9-14-10-13-15(4)11-8-12-16(6-2)7-3;1-6(2)5-7(3)4/h14H,5-13H2,1-4H3;6H,5H2,1-4H3. The van der Waals surface area contributed by atoms with E-state index >= 15 is 0 Å². The minimum atomic E-state index is 0.801. The van der Waals surface area contributed by atoms with E-state index in [1.807, 2.05) is 0 Å². The summed E-state index contributed by atoms with van der Waals surface area (Å²) in [4.78, 5) is 7.11. The highest BCUT2D eigenvalue weighted by atomic mass is 15.1. The van der Waals surface area contributed by atoms with Crippen LogP contribution in [0.25, 0.3) is 0 Å². The van der Waals surface area contributed by atoms with Crippen LogP contribution in [0.2, 0.25) is 0 Å². The number of likely N-dealkylation sites (N-methyl/N-ethyl adjacent to an activating group) is 1. The molecule has 0 aromatic carbocycles. The first kappa shape index (κ1) is 25.1. The average Bonchev–Trinajstić information content (AvgIpc) is 2.47. The van der Waals surface area contributed by atoms with Crippen molar-refractivity contribution in [2.24, 2.45) is 5.92 Å². The van der Waals surface area contributed by atoms with E-state index in [0.29, 0.717) is 0 Å². The summed E-state index contributed by atoms with van der Waals surface area (Å²) >= 11 is 0. The lowest BCUT2D eigenvalue weighted by Gasteiger charge is -2.21. The fourth-order valence-corrected chi connectivity index (χ4v) is 2.52. The van der Waals surface area contributed by atoms with Gasteiger partial charge in [0.05, 0.1) is 0 Å². The van der Waals surface area contributed by atoms with Crippen molar-refractivity contribution in [3.05, 3.63) is 0 Å². The Labute approximate surface area is 147 Å². The zero-order valence-electron chi connectivity index (χ0n) is 17.5. The van der Waals surface area contributed by atoms with E-state index in [-0.39, 0.29) is 0 Å². The Morgan fingerprint density at radius 1 is 0.826 bits per heavy atom. The van der Waals surface area contributed by atoms with E-state index in [4.69, 9.17) is 0 Å². The normalized spacial score (nSPS) is 11.5. The van der Waals surface area contributed by atoms with E-state index in [1.165, 1.54) is 45.6 Å². The molecule has 0 aliphatic heterocycles. The molecule has 23 heavy (non-hydrogen) atoms. The van der Waals surface area contributed by atoms with Gasteiger partial charge >= 0.3 is 0 Å². The molecule has 0 unspecified atom stereocenters. The third-order valence-electron chi connectivity index (χ3n) is 3.74. The van der Waals surface area contributed by atoms with E-state index in [2.05, 4.69) is 75.8 Å².